The van der Waals surface area contributed by atoms with Crippen LogP contribution in [-0.4, -0.2) is 29.2 Å². The number of rotatable bonds is 5. The quantitative estimate of drug-likeness (QED) is 0.905. The van der Waals surface area contributed by atoms with Gasteiger partial charge >= 0.3 is 0 Å². The van der Waals surface area contributed by atoms with E-state index in [0.29, 0.717) is 10.9 Å². The monoisotopic (exact) mass is 306 g/mol. The fourth-order valence-electron chi connectivity index (χ4n) is 1.41. The van der Waals surface area contributed by atoms with Crippen LogP contribution in [0.15, 0.2) is 29.0 Å². The summed E-state index contributed by atoms with van der Waals surface area (Å²) in [6.45, 7) is 2.17. The van der Waals surface area contributed by atoms with E-state index in [9.17, 15) is 8.42 Å². The van der Waals surface area contributed by atoms with E-state index in [4.69, 9.17) is 11.6 Å². The average Bonchev–Trinajstić information content (AvgIpc) is 2.88. The lowest BCUT2D eigenvalue weighted by molar-refractivity contribution is 0.494. The molecule has 0 unspecified atom stereocenters. The van der Waals surface area contributed by atoms with Crippen LogP contribution in [0.2, 0.25) is 4.34 Å². The molecule has 2 heterocycles. The van der Waals surface area contributed by atoms with Gasteiger partial charge in [-0.3, -0.25) is 4.68 Å². The topological polar surface area (TPSA) is 76.9 Å². The van der Waals surface area contributed by atoms with E-state index >= 15 is 0 Å². The summed E-state index contributed by atoms with van der Waals surface area (Å²) in [5, 5.41) is 3.92. The molecular weight excluding hydrogens is 296 g/mol. The van der Waals surface area contributed by atoms with Gasteiger partial charge in [0.2, 0.25) is 10.0 Å². The summed E-state index contributed by atoms with van der Waals surface area (Å²) in [5.74, 6) is 0. The molecule has 1 atom stereocenters. The minimum absolute atomic E-state index is 0.206. The number of halogens is 1. The van der Waals surface area contributed by atoms with Crippen molar-refractivity contribution in [1.82, 2.24) is 19.5 Å². The summed E-state index contributed by atoms with van der Waals surface area (Å²) in [6.07, 6.45) is 2.94. The Morgan fingerprint density at radius 3 is 2.89 bits per heavy atom. The average molecular weight is 307 g/mol. The van der Waals surface area contributed by atoms with Gasteiger partial charge in [-0.2, -0.15) is 5.10 Å². The lowest BCUT2D eigenvalue weighted by Gasteiger charge is -2.12. The maximum absolute atomic E-state index is 12.0. The molecule has 0 spiro atoms. The van der Waals surface area contributed by atoms with Gasteiger partial charge in [0.1, 0.15) is 16.9 Å². The van der Waals surface area contributed by atoms with Gasteiger partial charge < -0.3 is 0 Å². The van der Waals surface area contributed by atoms with Crippen molar-refractivity contribution in [1.29, 1.82) is 0 Å². The summed E-state index contributed by atoms with van der Waals surface area (Å²) in [4.78, 5) is 3.79. The van der Waals surface area contributed by atoms with Crippen molar-refractivity contribution in [3.05, 3.63) is 29.1 Å². The third kappa shape index (κ3) is 3.29. The zero-order valence-electron chi connectivity index (χ0n) is 9.45. The first kappa shape index (κ1) is 13.5. The Kier molecular flexibility index (Phi) is 4.00. The maximum Gasteiger partial charge on any atom is 0.250 e. The van der Waals surface area contributed by atoms with Gasteiger partial charge in [0.15, 0.2) is 0 Å². The molecule has 18 heavy (non-hydrogen) atoms. The second-order valence-electron chi connectivity index (χ2n) is 3.70. The Bertz CT molecular complexity index is 608. The molecule has 0 amide bonds. The fourth-order valence-corrected chi connectivity index (χ4v) is 4.14. The molecule has 9 heteroatoms. The normalized spacial score (nSPS) is 13.7. The van der Waals surface area contributed by atoms with Crippen LogP contribution in [0.3, 0.4) is 0 Å². The second-order valence-corrected chi connectivity index (χ2v) is 7.35. The van der Waals surface area contributed by atoms with Crippen LogP contribution in [0.1, 0.15) is 6.92 Å². The van der Waals surface area contributed by atoms with Crippen molar-refractivity contribution in [3.63, 3.8) is 0 Å². The minimum Gasteiger partial charge on any atom is -0.251 e. The number of sulfonamides is 1. The standard InChI is InChI=1S/C9H11ClN4O2S2/c1-7(4-14-6-11-5-12-14)13-18(15,16)9-3-2-8(10)17-9/h2-3,5-7,13H,4H2,1H3/t7-/m0/s1. The highest BCUT2D eigenvalue weighted by atomic mass is 35.5. The Morgan fingerprint density at radius 2 is 2.33 bits per heavy atom. The highest BCUT2D eigenvalue weighted by Crippen LogP contribution is 2.25. The van der Waals surface area contributed by atoms with Crippen LogP contribution in [0.5, 0.6) is 0 Å². The van der Waals surface area contributed by atoms with Crippen molar-refractivity contribution in [2.45, 2.75) is 23.7 Å². The lowest BCUT2D eigenvalue weighted by atomic mass is 10.4. The first-order chi connectivity index (χ1) is 8.47. The summed E-state index contributed by atoms with van der Waals surface area (Å²) in [7, 11) is -3.52. The molecule has 2 aromatic rings. The van der Waals surface area contributed by atoms with Gasteiger partial charge in [0.25, 0.3) is 0 Å². The van der Waals surface area contributed by atoms with Gasteiger partial charge in [-0.05, 0) is 19.1 Å². The van der Waals surface area contributed by atoms with E-state index in [-0.39, 0.29) is 10.3 Å². The molecule has 0 radical (unpaired) electrons. The van der Waals surface area contributed by atoms with Gasteiger partial charge in [-0.25, -0.2) is 18.1 Å². The minimum atomic E-state index is -3.52. The van der Waals surface area contributed by atoms with Gasteiger partial charge in [0, 0.05) is 6.04 Å². The van der Waals surface area contributed by atoms with Crippen LogP contribution in [-0.2, 0) is 16.6 Å². The SMILES string of the molecule is C[C@@H](Cn1cncn1)NS(=O)(=O)c1ccc(Cl)s1. The smallest absolute Gasteiger partial charge is 0.250 e. The van der Waals surface area contributed by atoms with Crippen molar-refractivity contribution >= 4 is 33.0 Å². The summed E-state index contributed by atoms with van der Waals surface area (Å²) in [6, 6.07) is 2.75. The van der Waals surface area contributed by atoms with Crippen molar-refractivity contribution in [2.75, 3.05) is 0 Å². The predicted octanol–water partition coefficient (Wildman–Crippen LogP) is 1.36. The highest BCUT2D eigenvalue weighted by Gasteiger charge is 2.19. The van der Waals surface area contributed by atoms with Gasteiger partial charge in [0.05, 0.1) is 10.9 Å². The van der Waals surface area contributed by atoms with E-state index < -0.39 is 10.0 Å². The van der Waals surface area contributed by atoms with E-state index in [2.05, 4.69) is 14.8 Å². The molecule has 0 aliphatic rings. The third-order valence-electron chi connectivity index (χ3n) is 2.10. The Labute approximate surface area is 114 Å². The van der Waals surface area contributed by atoms with E-state index in [1.807, 2.05) is 0 Å². The number of thiophene rings is 1. The Balaban J connectivity index is 2.04. The van der Waals surface area contributed by atoms with E-state index in [0.717, 1.165) is 11.3 Å². The van der Waals surface area contributed by atoms with Gasteiger partial charge in [-0.15, -0.1) is 11.3 Å². The Morgan fingerprint density at radius 1 is 1.56 bits per heavy atom. The molecule has 6 nitrogen and oxygen atoms in total. The molecular formula is C9H11ClN4O2S2. The highest BCUT2D eigenvalue weighted by molar-refractivity contribution is 7.91. The first-order valence-corrected chi connectivity index (χ1v) is 7.75. The molecule has 0 aliphatic heterocycles. The molecule has 0 fully saturated rings. The first-order valence-electron chi connectivity index (χ1n) is 5.07. The van der Waals surface area contributed by atoms with Crippen LogP contribution in [0, 0.1) is 0 Å². The fraction of sp³-hybridized carbons (Fsp3) is 0.333. The van der Waals surface area contributed by atoms with Crippen molar-refractivity contribution in [3.8, 4) is 0 Å². The summed E-state index contributed by atoms with van der Waals surface area (Å²) >= 11 is 6.75. The Hall–Kier alpha value is -0.960. The zero-order chi connectivity index (χ0) is 13.2. The molecule has 0 aliphatic carbocycles. The van der Waals surface area contributed by atoms with Crippen LogP contribution < -0.4 is 4.72 Å². The molecule has 0 saturated carbocycles. The van der Waals surface area contributed by atoms with Gasteiger partial charge in [-0.1, -0.05) is 11.6 Å². The number of hydrogen-bond acceptors (Lipinski definition) is 5. The summed E-state index contributed by atoms with van der Waals surface area (Å²) in [5.41, 5.74) is 0. The zero-order valence-corrected chi connectivity index (χ0v) is 11.8. The van der Waals surface area contributed by atoms with Crippen LogP contribution >= 0.6 is 22.9 Å². The molecule has 0 bridgehead atoms. The van der Waals surface area contributed by atoms with Crippen LogP contribution in [0.25, 0.3) is 0 Å². The molecule has 2 aromatic heterocycles. The molecule has 98 valence electrons. The van der Waals surface area contributed by atoms with Crippen molar-refractivity contribution in [2.24, 2.45) is 0 Å². The number of nitrogens with one attached hydrogen (secondary N) is 1. The molecule has 1 N–H and O–H groups in total. The number of aromatic nitrogens is 3. The predicted molar refractivity (Wildman–Crippen MR) is 69.1 cm³/mol. The van der Waals surface area contributed by atoms with E-state index in [1.54, 1.807) is 17.7 Å². The largest absolute Gasteiger partial charge is 0.251 e. The molecule has 0 saturated heterocycles. The molecule has 0 aromatic carbocycles. The van der Waals surface area contributed by atoms with E-state index in [1.165, 1.54) is 18.7 Å². The summed E-state index contributed by atoms with van der Waals surface area (Å²) < 4.78 is 28.7. The third-order valence-corrected chi connectivity index (χ3v) is 5.41. The maximum atomic E-state index is 12.0. The lowest BCUT2D eigenvalue weighted by Crippen LogP contribution is -2.35. The number of hydrogen-bond donors (Lipinski definition) is 1. The number of nitrogens with zero attached hydrogens (tertiary/aromatic N) is 3. The second kappa shape index (κ2) is 5.35. The van der Waals surface area contributed by atoms with Crippen LogP contribution in [0.4, 0.5) is 0 Å². The molecule has 2 rings (SSSR count). The van der Waals surface area contributed by atoms with Crippen molar-refractivity contribution < 1.29 is 8.42 Å².